The normalized spacial score (nSPS) is 10.3. The zero-order valence-corrected chi connectivity index (χ0v) is 8.70. The summed E-state index contributed by atoms with van der Waals surface area (Å²) in [6, 6.07) is 15.2. The molecule has 0 fully saturated rings. The summed E-state index contributed by atoms with van der Waals surface area (Å²) in [5, 5.41) is 0. The summed E-state index contributed by atoms with van der Waals surface area (Å²) in [5.41, 5.74) is 2.87. The summed E-state index contributed by atoms with van der Waals surface area (Å²) in [6.07, 6.45) is 0.719. The first-order valence-electron chi connectivity index (χ1n) is 5.15. The molecule has 2 rings (SSSR count). The fourth-order valence-corrected chi connectivity index (χ4v) is 1.81. The first kappa shape index (κ1) is 9.91. The lowest BCUT2D eigenvalue weighted by Gasteiger charge is -2.08. The van der Waals surface area contributed by atoms with Gasteiger partial charge in [0.2, 0.25) is 0 Å². The molecule has 0 amide bonds. The van der Waals surface area contributed by atoms with Crippen LogP contribution >= 0.6 is 0 Å². The van der Waals surface area contributed by atoms with Gasteiger partial charge in [-0.1, -0.05) is 49.4 Å². The largest absolute Gasteiger partial charge is 0.207 e. The zero-order chi connectivity index (χ0) is 10.7. The molecule has 0 bridgehead atoms. The van der Waals surface area contributed by atoms with Gasteiger partial charge in [0.15, 0.2) is 0 Å². The monoisotopic (exact) mass is 200 g/mol. The van der Waals surface area contributed by atoms with Crippen LogP contribution in [0.4, 0.5) is 4.39 Å². The highest BCUT2D eigenvalue weighted by atomic mass is 19.1. The van der Waals surface area contributed by atoms with Gasteiger partial charge in [-0.2, -0.15) is 0 Å². The molecule has 0 aromatic heterocycles. The van der Waals surface area contributed by atoms with Gasteiger partial charge in [-0.3, -0.25) is 0 Å². The molecule has 0 unspecified atom stereocenters. The van der Waals surface area contributed by atoms with E-state index in [1.54, 1.807) is 6.07 Å². The summed E-state index contributed by atoms with van der Waals surface area (Å²) < 4.78 is 13.5. The molecule has 0 aliphatic heterocycles. The lowest BCUT2D eigenvalue weighted by atomic mass is 9.98. The van der Waals surface area contributed by atoms with Gasteiger partial charge in [-0.05, 0) is 29.2 Å². The molecule has 1 heteroatoms. The van der Waals surface area contributed by atoms with Crippen molar-refractivity contribution in [3.05, 3.63) is 59.9 Å². The van der Waals surface area contributed by atoms with Gasteiger partial charge in [0.1, 0.15) is 5.82 Å². The van der Waals surface area contributed by atoms with Gasteiger partial charge < -0.3 is 0 Å². The molecule has 0 aliphatic rings. The molecule has 2 aromatic carbocycles. The molecule has 0 radical (unpaired) electrons. The highest BCUT2D eigenvalue weighted by Gasteiger charge is 2.07. The topological polar surface area (TPSA) is 0 Å². The van der Waals surface area contributed by atoms with Gasteiger partial charge >= 0.3 is 0 Å². The lowest BCUT2D eigenvalue weighted by Crippen LogP contribution is -1.92. The Hall–Kier alpha value is -1.63. The third-order valence-electron chi connectivity index (χ3n) is 2.56. The molecular formula is C14H13F. The van der Waals surface area contributed by atoms with E-state index in [4.69, 9.17) is 0 Å². The van der Waals surface area contributed by atoms with Gasteiger partial charge in [0.25, 0.3) is 0 Å². The Balaban J connectivity index is 2.58. The SMILES string of the molecule is CCc1c(F)cccc1-c1ccccc1. The Morgan fingerprint density at radius 2 is 1.67 bits per heavy atom. The van der Waals surface area contributed by atoms with Gasteiger partial charge in [-0.15, -0.1) is 0 Å². The first-order chi connectivity index (χ1) is 7.33. The fraction of sp³-hybridized carbons (Fsp3) is 0.143. The smallest absolute Gasteiger partial charge is 0.127 e. The quantitative estimate of drug-likeness (QED) is 0.686. The first-order valence-corrected chi connectivity index (χ1v) is 5.15. The van der Waals surface area contributed by atoms with E-state index in [0.717, 1.165) is 23.1 Å². The van der Waals surface area contributed by atoms with Crippen molar-refractivity contribution in [2.75, 3.05) is 0 Å². The van der Waals surface area contributed by atoms with Crippen LogP contribution in [-0.4, -0.2) is 0 Å². The maximum atomic E-state index is 13.5. The van der Waals surface area contributed by atoms with Crippen LogP contribution in [0.2, 0.25) is 0 Å². The second-order valence-electron chi connectivity index (χ2n) is 3.49. The summed E-state index contributed by atoms with van der Waals surface area (Å²) >= 11 is 0. The third kappa shape index (κ3) is 1.91. The van der Waals surface area contributed by atoms with Crippen LogP contribution in [0, 0.1) is 5.82 Å². The van der Waals surface area contributed by atoms with Crippen molar-refractivity contribution >= 4 is 0 Å². The van der Waals surface area contributed by atoms with Crippen LogP contribution in [0.3, 0.4) is 0 Å². The molecular weight excluding hydrogens is 187 g/mol. The highest BCUT2D eigenvalue weighted by Crippen LogP contribution is 2.25. The summed E-state index contributed by atoms with van der Waals surface area (Å²) in [7, 11) is 0. The Labute approximate surface area is 89.4 Å². The molecule has 0 atom stereocenters. The average Bonchev–Trinajstić information content (AvgIpc) is 2.30. The molecule has 0 saturated heterocycles. The minimum atomic E-state index is -0.112. The molecule has 0 aliphatic carbocycles. The number of hydrogen-bond acceptors (Lipinski definition) is 0. The van der Waals surface area contributed by atoms with E-state index in [-0.39, 0.29) is 5.82 Å². The third-order valence-corrected chi connectivity index (χ3v) is 2.56. The molecule has 0 spiro atoms. The molecule has 2 aromatic rings. The highest BCUT2D eigenvalue weighted by molar-refractivity contribution is 5.67. The van der Waals surface area contributed by atoms with Crippen LogP contribution in [0.15, 0.2) is 48.5 Å². The van der Waals surface area contributed by atoms with Crippen molar-refractivity contribution in [3.63, 3.8) is 0 Å². The molecule has 0 nitrogen and oxygen atoms in total. The van der Waals surface area contributed by atoms with E-state index >= 15 is 0 Å². The van der Waals surface area contributed by atoms with Gasteiger partial charge in [0, 0.05) is 0 Å². The van der Waals surface area contributed by atoms with Crippen LogP contribution in [0.5, 0.6) is 0 Å². The second kappa shape index (κ2) is 4.26. The van der Waals surface area contributed by atoms with E-state index in [2.05, 4.69) is 0 Å². The van der Waals surface area contributed by atoms with Crippen LogP contribution in [0.25, 0.3) is 11.1 Å². The maximum Gasteiger partial charge on any atom is 0.127 e. The van der Waals surface area contributed by atoms with Crippen molar-refractivity contribution in [2.24, 2.45) is 0 Å². The predicted octanol–water partition coefficient (Wildman–Crippen LogP) is 4.06. The van der Waals surface area contributed by atoms with Gasteiger partial charge in [-0.25, -0.2) is 4.39 Å². The number of rotatable bonds is 2. The summed E-state index contributed by atoms with van der Waals surface area (Å²) in [5.74, 6) is -0.112. The molecule has 76 valence electrons. The predicted molar refractivity (Wildman–Crippen MR) is 61.2 cm³/mol. The number of halogens is 1. The van der Waals surface area contributed by atoms with E-state index in [1.807, 2.05) is 43.3 Å². The van der Waals surface area contributed by atoms with Crippen LogP contribution in [0.1, 0.15) is 12.5 Å². The lowest BCUT2D eigenvalue weighted by molar-refractivity contribution is 0.613. The zero-order valence-electron chi connectivity index (χ0n) is 8.70. The van der Waals surface area contributed by atoms with Crippen molar-refractivity contribution in [3.8, 4) is 11.1 Å². The number of hydrogen-bond donors (Lipinski definition) is 0. The second-order valence-corrected chi connectivity index (χ2v) is 3.49. The Kier molecular flexibility index (Phi) is 2.82. The molecule has 0 saturated carbocycles. The molecule has 0 heterocycles. The van der Waals surface area contributed by atoms with Crippen LogP contribution < -0.4 is 0 Å². The fourth-order valence-electron chi connectivity index (χ4n) is 1.81. The minimum Gasteiger partial charge on any atom is -0.207 e. The van der Waals surface area contributed by atoms with Crippen molar-refractivity contribution in [2.45, 2.75) is 13.3 Å². The van der Waals surface area contributed by atoms with Crippen LogP contribution in [-0.2, 0) is 6.42 Å². The molecule has 0 N–H and O–H groups in total. The van der Waals surface area contributed by atoms with E-state index in [9.17, 15) is 4.39 Å². The Bertz CT molecular complexity index is 446. The average molecular weight is 200 g/mol. The summed E-state index contributed by atoms with van der Waals surface area (Å²) in [6.45, 7) is 1.98. The van der Waals surface area contributed by atoms with E-state index in [0.29, 0.717) is 0 Å². The van der Waals surface area contributed by atoms with Crippen molar-refractivity contribution in [1.29, 1.82) is 0 Å². The van der Waals surface area contributed by atoms with E-state index in [1.165, 1.54) is 6.07 Å². The Morgan fingerprint density at radius 1 is 0.933 bits per heavy atom. The summed E-state index contributed by atoms with van der Waals surface area (Å²) in [4.78, 5) is 0. The number of benzene rings is 2. The minimum absolute atomic E-state index is 0.112. The van der Waals surface area contributed by atoms with E-state index < -0.39 is 0 Å². The molecule has 15 heavy (non-hydrogen) atoms. The van der Waals surface area contributed by atoms with Crippen molar-refractivity contribution < 1.29 is 4.39 Å². The standard InChI is InChI=1S/C14H13F/c1-2-12-13(9-6-10-14(12)15)11-7-4-3-5-8-11/h3-10H,2H2,1H3. The van der Waals surface area contributed by atoms with Crippen molar-refractivity contribution in [1.82, 2.24) is 0 Å². The maximum absolute atomic E-state index is 13.5. The Morgan fingerprint density at radius 3 is 2.33 bits per heavy atom. The van der Waals surface area contributed by atoms with Gasteiger partial charge in [0.05, 0.1) is 0 Å².